The Bertz CT molecular complexity index is 538. The third kappa shape index (κ3) is 2.01. The van der Waals surface area contributed by atoms with E-state index in [2.05, 4.69) is 36.3 Å². The molecular formula is C15H18N2O. The quantitative estimate of drug-likeness (QED) is 0.895. The van der Waals surface area contributed by atoms with Gasteiger partial charge in [0.2, 0.25) is 0 Å². The first-order valence-electron chi connectivity index (χ1n) is 6.55. The summed E-state index contributed by atoms with van der Waals surface area (Å²) in [7, 11) is 0. The summed E-state index contributed by atoms with van der Waals surface area (Å²) in [5, 5.41) is 3.93. The van der Waals surface area contributed by atoms with Crippen LogP contribution >= 0.6 is 0 Å². The molecule has 18 heavy (non-hydrogen) atoms. The fourth-order valence-corrected chi connectivity index (χ4v) is 2.47. The summed E-state index contributed by atoms with van der Waals surface area (Å²) < 4.78 is 5.41. The summed E-state index contributed by atoms with van der Waals surface area (Å²) in [5.74, 6) is 2.20. The molecular weight excluding hydrogens is 224 g/mol. The number of anilines is 1. The van der Waals surface area contributed by atoms with E-state index in [1.165, 1.54) is 24.8 Å². The molecule has 0 bridgehead atoms. The number of nitrogens with zero attached hydrogens (tertiary/aromatic N) is 1. The summed E-state index contributed by atoms with van der Waals surface area (Å²) in [6.07, 6.45) is 4.91. The van der Waals surface area contributed by atoms with E-state index in [0.717, 1.165) is 29.2 Å². The van der Waals surface area contributed by atoms with Gasteiger partial charge in [0.1, 0.15) is 5.76 Å². The van der Waals surface area contributed by atoms with Crippen LogP contribution in [0.3, 0.4) is 0 Å². The first-order chi connectivity index (χ1) is 8.74. The van der Waals surface area contributed by atoms with Crippen molar-refractivity contribution in [2.75, 3.05) is 5.73 Å². The number of aromatic nitrogens is 1. The zero-order valence-electron chi connectivity index (χ0n) is 10.6. The molecule has 1 saturated carbocycles. The van der Waals surface area contributed by atoms with E-state index in [4.69, 9.17) is 10.3 Å². The van der Waals surface area contributed by atoms with Crippen LogP contribution < -0.4 is 5.73 Å². The second-order valence-corrected chi connectivity index (χ2v) is 5.23. The maximum atomic E-state index is 5.94. The highest BCUT2D eigenvalue weighted by molar-refractivity contribution is 5.75. The second kappa shape index (κ2) is 4.48. The van der Waals surface area contributed by atoms with Crippen molar-refractivity contribution in [3.05, 3.63) is 35.6 Å². The predicted molar refractivity (Wildman–Crippen MR) is 72.1 cm³/mol. The van der Waals surface area contributed by atoms with Crippen LogP contribution in [-0.2, 0) is 6.42 Å². The van der Waals surface area contributed by atoms with Gasteiger partial charge >= 0.3 is 0 Å². The molecule has 2 aromatic rings. The largest absolute Gasteiger partial charge is 0.380 e. The zero-order chi connectivity index (χ0) is 12.5. The molecule has 0 aliphatic heterocycles. The summed E-state index contributed by atoms with van der Waals surface area (Å²) in [6, 6.07) is 8.36. The van der Waals surface area contributed by atoms with Gasteiger partial charge in [-0.1, -0.05) is 54.2 Å². The Morgan fingerprint density at radius 2 is 2.00 bits per heavy atom. The highest BCUT2D eigenvalue weighted by atomic mass is 16.5. The van der Waals surface area contributed by atoms with Crippen LogP contribution in [0.5, 0.6) is 0 Å². The van der Waals surface area contributed by atoms with Crippen molar-refractivity contribution in [2.24, 2.45) is 5.92 Å². The van der Waals surface area contributed by atoms with Crippen molar-refractivity contribution in [3.8, 4) is 11.1 Å². The lowest BCUT2D eigenvalue weighted by Gasteiger charge is -2.24. The number of nitrogens with two attached hydrogens (primary N) is 1. The molecule has 94 valence electrons. The van der Waals surface area contributed by atoms with Gasteiger partial charge in [-0.15, -0.1) is 0 Å². The zero-order valence-corrected chi connectivity index (χ0v) is 10.6. The van der Waals surface area contributed by atoms with Gasteiger partial charge in [-0.05, 0) is 18.4 Å². The van der Waals surface area contributed by atoms with Gasteiger partial charge in [-0.3, -0.25) is 0 Å². The number of nitrogen functional groups attached to an aromatic ring is 1. The van der Waals surface area contributed by atoms with E-state index in [-0.39, 0.29) is 0 Å². The van der Waals surface area contributed by atoms with Gasteiger partial charge in [0.15, 0.2) is 5.82 Å². The molecule has 0 unspecified atom stereocenters. The third-order valence-electron chi connectivity index (χ3n) is 3.83. The number of benzene rings is 1. The van der Waals surface area contributed by atoms with Crippen LogP contribution in [0.4, 0.5) is 5.82 Å². The first-order valence-corrected chi connectivity index (χ1v) is 6.55. The second-order valence-electron chi connectivity index (χ2n) is 5.23. The molecule has 0 atom stereocenters. The molecule has 3 heteroatoms. The number of hydrogen-bond acceptors (Lipinski definition) is 3. The molecule has 0 amide bonds. The molecule has 1 aliphatic rings. The Hall–Kier alpha value is -1.77. The summed E-state index contributed by atoms with van der Waals surface area (Å²) in [4.78, 5) is 0. The van der Waals surface area contributed by atoms with Gasteiger partial charge in [0.05, 0.1) is 5.56 Å². The van der Waals surface area contributed by atoms with E-state index < -0.39 is 0 Å². The minimum atomic E-state index is 0.508. The van der Waals surface area contributed by atoms with Crippen LogP contribution in [-0.4, -0.2) is 5.16 Å². The summed E-state index contributed by atoms with van der Waals surface area (Å²) >= 11 is 0. The standard InChI is InChI=1S/C15H18N2O/c1-10-5-7-12(8-6-10)14-13(18-17-15(14)16)9-11-3-2-4-11/h5-8,11H,2-4,9H2,1H3,(H2,16,17). The van der Waals surface area contributed by atoms with Gasteiger partial charge in [0, 0.05) is 6.42 Å². The van der Waals surface area contributed by atoms with Crippen molar-refractivity contribution >= 4 is 5.82 Å². The van der Waals surface area contributed by atoms with E-state index >= 15 is 0 Å². The van der Waals surface area contributed by atoms with E-state index in [9.17, 15) is 0 Å². The fourth-order valence-electron chi connectivity index (χ4n) is 2.47. The highest BCUT2D eigenvalue weighted by Gasteiger charge is 2.23. The normalized spacial score (nSPS) is 15.6. The Labute approximate surface area is 107 Å². The van der Waals surface area contributed by atoms with Crippen LogP contribution in [0, 0.1) is 12.8 Å². The van der Waals surface area contributed by atoms with Crippen molar-refractivity contribution in [1.29, 1.82) is 0 Å². The Morgan fingerprint density at radius 3 is 2.61 bits per heavy atom. The van der Waals surface area contributed by atoms with Crippen LogP contribution in [0.25, 0.3) is 11.1 Å². The van der Waals surface area contributed by atoms with E-state index in [1.807, 2.05) is 0 Å². The van der Waals surface area contributed by atoms with Crippen LogP contribution in [0.15, 0.2) is 28.8 Å². The van der Waals surface area contributed by atoms with Crippen molar-refractivity contribution < 1.29 is 4.52 Å². The maximum Gasteiger partial charge on any atom is 0.175 e. The molecule has 3 nitrogen and oxygen atoms in total. The minimum Gasteiger partial charge on any atom is -0.380 e. The van der Waals surface area contributed by atoms with E-state index in [1.54, 1.807) is 0 Å². The van der Waals surface area contributed by atoms with Gasteiger partial charge in [-0.2, -0.15) is 0 Å². The average Bonchev–Trinajstić information content (AvgIpc) is 2.67. The Kier molecular flexibility index (Phi) is 2.82. The first kappa shape index (κ1) is 11.3. The third-order valence-corrected chi connectivity index (χ3v) is 3.83. The van der Waals surface area contributed by atoms with E-state index in [0.29, 0.717) is 5.82 Å². The monoisotopic (exact) mass is 242 g/mol. The van der Waals surface area contributed by atoms with Crippen molar-refractivity contribution in [3.63, 3.8) is 0 Å². The van der Waals surface area contributed by atoms with Gasteiger partial charge in [0.25, 0.3) is 0 Å². The molecule has 1 heterocycles. The predicted octanol–water partition coefficient (Wildman–Crippen LogP) is 3.57. The lowest BCUT2D eigenvalue weighted by atomic mass is 9.81. The Morgan fingerprint density at radius 1 is 1.28 bits per heavy atom. The molecule has 1 fully saturated rings. The topological polar surface area (TPSA) is 52.0 Å². The molecule has 1 aliphatic carbocycles. The summed E-state index contributed by atoms with van der Waals surface area (Å²) in [5.41, 5.74) is 9.28. The van der Waals surface area contributed by atoms with Gasteiger partial charge < -0.3 is 10.3 Å². The fraction of sp³-hybridized carbons (Fsp3) is 0.400. The molecule has 0 radical (unpaired) electrons. The lowest BCUT2D eigenvalue weighted by Crippen LogP contribution is -2.13. The van der Waals surface area contributed by atoms with Gasteiger partial charge in [-0.25, -0.2) is 0 Å². The number of hydrogen-bond donors (Lipinski definition) is 1. The highest BCUT2D eigenvalue weighted by Crippen LogP contribution is 2.36. The molecule has 0 spiro atoms. The molecule has 1 aromatic carbocycles. The lowest BCUT2D eigenvalue weighted by molar-refractivity contribution is 0.279. The van der Waals surface area contributed by atoms with Crippen molar-refractivity contribution in [2.45, 2.75) is 32.6 Å². The van der Waals surface area contributed by atoms with Crippen LogP contribution in [0.1, 0.15) is 30.6 Å². The Balaban J connectivity index is 1.94. The number of aryl methyl sites for hydroxylation is 1. The maximum absolute atomic E-state index is 5.94. The summed E-state index contributed by atoms with van der Waals surface area (Å²) in [6.45, 7) is 2.08. The SMILES string of the molecule is Cc1ccc(-c2c(N)noc2CC2CCC2)cc1. The molecule has 2 N–H and O–H groups in total. The smallest absolute Gasteiger partial charge is 0.175 e. The molecule has 3 rings (SSSR count). The average molecular weight is 242 g/mol. The molecule has 1 aromatic heterocycles. The molecule has 0 saturated heterocycles. The number of rotatable bonds is 3. The van der Waals surface area contributed by atoms with Crippen molar-refractivity contribution in [1.82, 2.24) is 5.16 Å². The minimum absolute atomic E-state index is 0.508. The van der Waals surface area contributed by atoms with Crippen LogP contribution in [0.2, 0.25) is 0 Å².